The maximum atomic E-state index is 15.1. The van der Waals surface area contributed by atoms with E-state index in [1.165, 1.54) is 25.4 Å². The van der Waals surface area contributed by atoms with Crippen LogP contribution in [0.15, 0.2) is 72.9 Å². The van der Waals surface area contributed by atoms with E-state index in [0.29, 0.717) is 33.7 Å². The zero-order valence-corrected chi connectivity index (χ0v) is 26.2. The van der Waals surface area contributed by atoms with Gasteiger partial charge in [0.1, 0.15) is 11.5 Å². The Morgan fingerprint density at radius 3 is 2.45 bits per heavy atom. The lowest BCUT2D eigenvalue weighted by molar-refractivity contribution is -0.119. The number of hydrogen-bond donors (Lipinski definition) is 4. The molecule has 5 rings (SSSR count). The lowest BCUT2D eigenvalue weighted by Crippen LogP contribution is -2.42. The molecular formula is C31H32Cl2FN5O4S. The fraction of sp³-hybridized carbons (Fsp3) is 0.226. The van der Waals surface area contributed by atoms with Gasteiger partial charge in [0.15, 0.2) is 16.7 Å². The molecule has 44 heavy (non-hydrogen) atoms. The van der Waals surface area contributed by atoms with E-state index in [0.717, 1.165) is 31.5 Å². The van der Waals surface area contributed by atoms with E-state index in [-0.39, 0.29) is 60.0 Å². The van der Waals surface area contributed by atoms with Crippen molar-refractivity contribution in [3.8, 4) is 17.2 Å². The Labute approximate surface area is 272 Å². The summed E-state index contributed by atoms with van der Waals surface area (Å²) in [6, 6.07) is 18.5. The molecular weight excluding hydrogens is 628 g/mol. The summed E-state index contributed by atoms with van der Waals surface area (Å²) in [6.45, 7) is 1.69. The summed E-state index contributed by atoms with van der Waals surface area (Å²) in [6.07, 6.45) is 3.38. The summed E-state index contributed by atoms with van der Waals surface area (Å²) >= 11 is 5.22. The molecule has 0 radical (unpaired) electrons. The average molecular weight is 661 g/mol. The highest BCUT2D eigenvalue weighted by atomic mass is 35.5. The van der Waals surface area contributed by atoms with E-state index in [4.69, 9.17) is 21.7 Å². The number of thiocarbonyl (C=S) groups is 1. The van der Waals surface area contributed by atoms with E-state index in [1.54, 1.807) is 24.3 Å². The van der Waals surface area contributed by atoms with Gasteiger partial charge < -0.3 is 30.7 Å². The molecule has 1 fully saturated rings. The van der Waals surface area contributed by atoms with Gasteiger partial charge in [-0.3, -0.25) is 14.6 Å². The van der Waals surface area contributed by atoms with Gasteiger partial charge in [0.2, 0.25) is 5.91 Å². The van der Waals surface area contributed by atoms with Crippen molar-refractivity contribution in [1.29, 1.82) is 0 Å². The number of fused-ring (bicyclic) bond motifs is 1. The molecule has 0 aliphatic carbocycles. The van der Waals surface area contributed by atoms with Crippen molar-refractivity contribution < 1.29 is 23.5 Å². The second-order valence-corrected chi connectivity index (χ2v) is 10.2. The van der Waals surface area contributed by atoms with E-state index in [1.807, 2.05) is 30.3 Å². The van der Waals surface area contributed by atoms with Crippen LogP contribution in [-0.2, 0) is 11.2 Å². The third kappa shape index (κ3) is 8.76. The van der Waals surface area contributed by atoms with Crippen LogP contribution in [0.4, 0.5) is 10.1 Å². The van der Waals surface area contributed by atoms with Gasteiger partial charge in [-0.15, -0.1) is 24.8 Å². The number of carbonyl (C=O) groups is 2. The maximum absolute atomic E-state index is 15.1. The smallest absolute Gasteiger partial charge is 0.255 e. The van der Waals surface area contributed by atoms with Crippen LogP contribution in [0.5, 0.6) is 17.2 Å². The molecule has 0 unspecified atom stereocenters. The third-order valence-corrected chi connectivity index (χ3v) is 7.02. The van der Waals surface area contributed by atoms with Crippen LogP contribution < -0.4 is 30.7 Å². The van der Waals surface area contributed by atoms with Gasteiger partial charge in [-0.2, -0.15) is 0 Å². The molecule has 4 N–H and O–H groups in total. The number of ether oxygens (including phenoxy) is 2. The predicted molar refractivity (Wildman–Crippen MR) is 177 cm³/mol. The standard InChI is InChI=1S/C31H30FN5O4S.2ClH/c1-40-28-18-25-22(17-23(28)30(39)35-20-9-12-33-13-10-20)26(11-14-34-25)41-27-8-7-21(16-24(27)32)36-31(42)37-29(38)15-19-5-3-2-4-6-19;;/h2-8,11,14,16-18,20,33H,9-10,12-13,15H2,1H3,(H,35,39)(H2,36,37,38,42);2*1H. The van der Waals surface area contributed by atoms with Crippen LogP contribution >= 0.6 is 37.0 Å². The number of carbonyl (C=O) groups excluding carboxylic acids is 2. The molecule has 1 saturated heterocycles. The average Bonchev–Trinajstić information content (AvgIpc) is 2.98. The van der Waals surface area contributed by atoms with E-state index in [9.17, 15) is 9.59 Å². The van der Waals surface area contributed by atoms with E-state index >= 15 is 4.39 Å². The third-order valence-electron chi connectivity index (χ3n) is 6.81. The molecule has 0 atom stereocenters. The van der Waals surface area contributed by atoms with Gasteiger partial charge in [0.05, 0.1) is 24.6 Å². The highest BCUT2D eigenvalue weighted by molar-refractivity contribution is 7.80. The molecule has 2 amide bonds. The highest BCUT2D eigenvalue weighted by Gasteiger charge is 2.21. The summed E-state index contributed by atoms with van der Waals surface area (Å²) in [4.78, 5) is 29.8. The fourth-order valence-electron chi connectivity index (χ4n) is 4.71. The molecule has 4 aromatic rings. The maximum Gasteiger partial charge on any atom is 0.255 e. The minimum absolute atomic E-state index is 0. The number of amides is 2. The van der Waals surface area contributed by atoms with Crippen LogP contribution in [-0.4, -0.2) is 48.2 Å². The monoisotopic (exact) mass is 659 g/mol. The number of nitrogens with one attached hydrogen (secondary N) is 4. The van der Waals surface area contributed by atoms with Crippen molar-refractivity contribution in [2.45, 2.75) is 25.3 Å². The van der Waals surface area contributed by atoms with Crippen molar-refractivity contribution >= 4 is 70.5 Å². The van der Waals surface area contributed by atoms with Crippen LogP contribution in [0.2, 0.25) is 0 Å². The number of hydrogen-bond acceptors (Lipinski definition) is 7. The zero-order chi connectivity index (χ0) is 29.5. The molecule has 0 saturated carbocycles. The first-order valence-electron chi connectivity index (χ1n) is 13.5. The number of piperidine rings is 1. The molecule has 9 nitrogen and oxygen atoms in total. The summed E-state index contributed by atoms with van der Waals surface area (Å²) in [7, 11) is 1.49. The second kappa shape index (κ2) is 16.2. The van der Waals surface area contributed by atoms with E-state index < -0.39 is 5.82 Å². The molecule has 1 aromatic heterocycles. The van der Waals surface area contributed by atoms with E-state index in [2.05, 4.69) is 26.3 Å². The number of methoxy groups -OCH3 is 1. The first-order chi connectivity index (χ1) is 20.4. The Balaban J connectivity index is 0.00000264. The number of anilines is 1. The molecule has 13 heteroatoms. The van der Waals surface area contributed by atoms with Crippen molar-refractivity contribution in [3.63, 3.8) is 0 Å². The van der Waals surface area contributed by atoms with Gasteiger partial charge in [-0.25, -0.2) is 4.39 Å². The topological polar surface area (TPSA) is 114 Å². The summed E-state index contributed by atoms with van der Waals surface area (Å²) < 4.78 is 26.5. The van der Waals surface area contributed by atoms with Crippen LogP contribution in [0.1, 0.15) is 28.8 Å². The molecule has 3 aromatic carbocycles. The van der Waals surface area contributed by atoms with Crippen molar-refractivity contribution in [2.75, 3.05) is 25.5 Å². The van der Waals surface area contributed by atoms with Crippen molar-refractivity contribution in [2.24, 2.45) is 0 Å². The van der Waals surface area contributed by atoms with Gasteiger partial charge in [0.25, 0.3) is 5.91 Å². The zero-order valence-electron chi connectivity index (χ0n) is 23.7. The number of benzene rings is 3. The molecule has 1 aliphatic rings. The minimum atomic E-state index is -0.652. The van der Waals surface area contributed by atoms with Crippen LogP contribution in [0, 0.1) is 5.82 Å². The summed E-state index contributed by atoms with van der Waals surface area (Å²) in [5.74, 6) is -0.536. The number of nitrogens with zero attached hydrogens (tertiary/aromatic N) is 1. The molecule has 0 bridgehead atoms. The highest BCUT2D eigenvalue weighted by Crippen LogP contribution is 2.34. The quantitative estimate of drug-likeness (QED) is 0.182. The number of rotatable bonds is 8. The lowest BCUT2D eigenvalue weighted by Gasteiger charge is -2.24. The van der Waals surface area contributed by atoms with Crippen LogP contribution in [0.3, 0.4) is 0 Å². The molecule has 2 heterocycles. The largest absolute Gasteiger partial charge is 0.496 e. The lowest BCUT2D eigenvalue weighted by atomic mass is 10.0. The molecule has 0 spiro atoms. The van der Waals surface area contributed by atoms with Crippen LogP contribution in [0.25, 0.3) is 10.9 Å². The Morgan fingerprint density at radius 1 is 1.00 bits per heavy atom. The first kappa shape index (κ1) is 34.5. The van der Waals surface area contributed by atoms with Gasteiger partial charge >= 0.3 is 0 Å². The van der Waals surface area contributed by atoms with Gasteiger partial charge in [0, 0.05) is 35.4 Å². The number of halogens is 3. The Bertz CT molecular complexity index is 1620. The fourth-order valence-corrected chi connectivity index (χ4v) is 4.94. The van der Waals surface area contributed by atoms with Crippen molar-refractivity contribution in [1.82, 2.24) is 20.9 Å². The Hall–Kier alpha value is -4.03. The number of pyridine rings is 1. The molecule has 232 valence electrons. The van der Waals surface area contributed by atoms with Crippen molar-refractivity contribution in [3.05, 3.63) is 89.9 Å². The Kier molecular flexibility index (Phi) is 12.7. The minimum Gasteiger partial charge on any atom is -0.496 e. The summed E-state index contributed by atoms with van der Waals surface area (Å²) in [5.41, 5.74) is 2.05. The summed E-state index contributed by atoms with van der Waals surface area (Å²) in [5, 5.41) is 12.3. The van der Waals surface area contributed by atoms with Gasteiger partial charge in [-0.1, -0.05) is 30.3 Å². The molecule has 1 aliphatic heterocycles. The predicted octanol–water partition coefficient (Wildman–Crippen LogP) is 5.56. The Morgan fingerprint density at radius 2 is 1.75 bits per heavy atom. The SMILES string of the molecule is COc1cc2nccc(Oc3ccc(NC(=S)NC(=O)Cc4ccccc4)cc3F)c2cc1C(=O)NC1CCNCC1.Cl.Cl. The first-order valence-corrected chi connectivity index (χ1v) is 13.9. The second-order valence-electron chi connectivity index (χ2n) is 9.79. The van der Waals surface area contributed by atoms with Gasteiger partial charge in [-0.05, 0) is 68.0 Å². The number of aromatic nitrogens is 1. The normalized spacial score (nSPS) is 12.7.